The number of nitrogens with one attached hydrogen (secondary N) is 1. The summed E-state index contributed by atoms with van der Waals surface area (Å²) in [5, 5.41) is 3.38. The Labute approximate surface area is 115 Å². The molecule has 1 heterocycles. The smallest absolute Gasteiger partial charge is 0.129 e. The summed E-state index contributed by atoms with van der Waals surface area (Å²) in [6.45, 7) is 3.19. The molecule has 102 valence electrons. The van der Waals surface area contributed by atoms with Gasteiger partial charge in [0.05, 0.1) is 0 Å². The molecular formula is C14H25N3S. The van der Waals surface area contributed by atoms with Gasteiger partial charge >= 0.3 is 0 Å². The molecule has 0 spiro atoms. The van der Waals surface area contributed by atoms with Gasteiger partial charge in [0.15, 0.2) is 0 Å². The van der Waals surface area contributed by atoms with Gasteiger partial charge in [-0.2, -0.15) is 11.8 Å². The van der Waals surface area contributed by atoms with Crippen LogP contribution in [0.1, 0.15) is 44.7 Å². The molecule has 0 aliphatic carbocycles. The van der Waals surface area contributed by atoms with E-state index in [9.17, 15) is 0 Å². The fraction of sp³-hybridized carbons (Fsp3) is 0.714. The Morgan fingerprint density at radius 2 is 2.00 bits per heavy atom. The summed E-state index contributed by atoms with van der Waals surface area (Å²) in [7, 11) is 0. The van der Waals surface area contributed by atoms with Crippen molar-refractivity contribution in [2.24, 2.45) is 0 Å². The summed E-state index contributed by atoms with van der Waals surface area (Å²) in [5.74, 6) is 2.26. The number of nitrogens with zero attached hydrogens (tertiary/aromatic N) is 2. The fourth-order valence-corrected chi connectivity index (χ4v) is 2.32. The molecule has 18 heavy (non-hydrogen) atoms. The van der Waals surface area contributed by atoms with Crippen LogP contribution < -0.4 is 5.32 Å². The van der Waals surface area contributed by atoms with Crippen molar-refractivity contribution in [2.45, 2.75) is 45.4 Å². The lowest BCUT2D eigenvalue weighted by molar-refractivity contribution is 0.688. The molecule has 0 radical (unpaired) electrons. The van der Waals surface area contributed by atoms with Crippen LogP contribution in [0, 0.1) is 0 Å². The van der Waals surface area contributed by atoms with E-state index in [4.69, 9.17) is 0 Å². The topological polar surface area (TPSA) is 37.8 Å². The summed E-state index contributed by atoms with van der Waals surface area (Å²) in [5.41, 5.74) is 1.13. The number of hydrogen-bond donors (Lipinski definition) is 1. The lowest BCUT2D eigenvalue weighted by atomic mass is 10.2. The first kappa shape index (κ1) is 15.3. The van der Waals surface area contributed by atoms with E-state index < -0.39 is 0 Å². The zero-order valence-electron chi connectivity index (χ0n) is 11.6. The first-order valence-electron chi connectivity index (χ1n) is 6.90. The van der Waals surface area contributed by atoms with E-state index in [0.717, 1.165) is 30.9 Å². The highest BCUT2D eigenvalue weighted by molar-refractivity contribution is 7.98. The minimum Gasteiger partial charge on any atom is -0.370 e. The third kappa shape index (κ3) is 6.84. The number of aryl methyl sites for hydroxylation is 1. The average molecular weight is 267 g/mol. The van der Waals surface area contributed by atoms with Gasteiger partial charge in [-0.25, -0.2) is 9.97 Å². The maximum atomic E-state index is 4.25. The van der Waals surface area contributed by atoms with E-state index >= 15 is 0 Å². The first-order chi connectivity index (χ1) is 8.86. The van der Waals surface area contributed by atoms with Crippen molar-refractivity contribution in [3.05, 3.63) is 18.1 Å². The molecule has 0 saturated heterocycles. The van der Waals surface area contributed by atoms with Crippen LogP contribution in [0.15, 0.2) is 12.4 Å². The van der Waals surface area contributed by atoms with E-state index in [0.29, 0.717) is 0 Å². The van der Waals surface area contributed by atoms with Crippen molar-refractivity contribution in [2.75, 3.05) is 23.9 Å². The van der Waals surface area contributed by atoms with Crippen molar-refractivity contribution in [3.63, 3.8) is 0 Å². The lowest BCUT2D eigenvalue weighted by Gasteiger charge is -2.06. The van der Waals surface area contributed by atoms with Gasteiger partial charge in [0.1, 0.15) is 12.1 Å². The molecule has 3 nitrogen and oxygen atoms in total. The highest BCUT2D eigenvalue weighted by atomic mass is 32.2. The van der Waals surface area contributed by atoms with Gasteiger partial charge in [-0.05, 0) is 31.3 Å². The van der Waals surface area contributed by atoms with Crippen LogP contribution in [0.3, 0.4) is 0 Å². The van der Waals surface area contributed by atoms with Gasteiger partial charge in [-0.1, -0.05) is 26.2 Å². The minimum atomic E-state index is 0.970. The molecule has 0 saturated carbocycles. The third-order valence-electron chi connectivity index (χ3n) is 2.81. The second kappa shape index (κ2) is 10.2. The summed E-state index contributed by atoms with van der Waals surface area (Å²) in [4.78, 5) is 8.50. The van der Waals surface area contributed by atoms with E-state index in [-0.39, 0.29) is 0 Å². The third-order valence-corrected chi connectivity index (χ3v) is 3.51. The molecule has 1 aromatic rings. The van der Waals surface area contributed by atoms with Crippen LogP contribution in [-0.4, -0.2) is 28.5 Å². The van der Waals surface area contributed by atoms with Gasteiger partial charge < -0.3 is 5.32 Å². The van der Waals surface area contributed by atoms with E-state index in [2.05, 4.69) is 34.5 Å². The Kier molecular flexibility index (Phi) is 8.65. The molecule has 0 aliphatic rings. The molecule has 0 atom stereocenters. The molecule has 0 unspecified atom stereocenters. The summed E-state index contributed by atoms with van der Waals surface area (Å²) < 4.78 is 0. The fourth-order valence-electron chi connectivity index (χ4n) is 1.83. The normalized spacial score (nSPS) is 10.6. The molecule has 0 amide bonds. The Hall–Kier alpha value is -0.770. The van der Waals surface area contributed by atoms with Crippen LogP contribution in [0.5, 0.6) is 0 Å². The Balaban J connectivity index is 2.13. The first-order valence-corrected chi connectivity index (χ1v) is 8.30. The van der Waals surface area contributed by atoms with Gasteiger partial charge in [-0.15, -0.1) is 0 Å². The average Bonchev–Trinajstić information content (AvgIpc) is 2.39. The number of rotatable bonds is 10. The minimum absolute atomic E-state index is 0.970. The monoisotopic (exact) mass is 267 g/mol. The number of thioether (sulfide) groups is 1. The maximum Gasteiger partial charge on any atom is 0.129 e. The van der Waals surface area contributed by atoms with Crippen LogP contribution >= 0.6 is 11.8 Å². The zero-order chi connectivity index (χ0) is 13.1. The van der Waals surface area contributed by atoms with Gasteiger partial charge in [0.2, 0.25) is 0 Å². The number of aromatic nitrogens is 2. The van der Waals surface area contributed by atoms with Crippen LogP contribution in [0.2, 0.25) is 0 Å². The Morgan fingerprint density at radius 1 is 1.17 bits per heavy atom. The van der Waals surface area contributed by atoms with Crippen LogP contribution in [-0.2, 0) is 6.42 Å². The molecule has 0 bridgehead atoms. The predicted octanol–water partition coefficient (Wildman–Crippen LogP) is 3.76. The largest absolute Gasteiger partial charge is 0.370 e. The van der Waals surface area contributed by atoms with Crippen molar-refractivity contribution in [3.8, 4) is 0 Å². The van der Waals surface area contributed by atoms with E-state index in [1.165, 1.54) is 31.4 Å². The predicted molar refractivity (Wildman–Crippen MR) is 81.4 cm³/mol. The maximum absolute atomic E-state index is 4.25. The summed E-state index contributed by atoms with van der Waals surface area (Å²) >= 11 is 1.94. The SMILES string of the molecule is CCCc1cc(NCCCCCCSC)ncn1. The zero-order valence-corrected chi connectivity index (χ0v) is 12.4. The highest BCUT2D eigenvalue weighted by Gasteiger charge is 1.97. The van der Waals surface area contributed by atoms with Crippen molar-refractivity contribution >= 4 is 17.6 Å². The van der Waals surface area contributed by atoms with E-state index in [1.54, 1.807) is 6.33 Å². The van der Waals surface area contributed by atoms with Crippen LogP contribution in [0.4, 0.5) is 5.82 Å². The second-order valence-electron chi connectivity index (χ2n) is 4.48. The lowest BCUT2D eigenvalue weighted by Crippen LogP contribution is -2.04. The van der Waals surface area contributed by atoms with Crippen molar-refractivity contribution in [1.29, 1.82) is 0 Å². The molecular weight excluding hydrogens is 242 g/mol. The molecule has 0 fully saturated rings. The Bertz CT molecular complexity index is 318. The van der Waals surface area contributed by atoms with Gasteiger partial charge in [-0.3, -0.25) is 0 Å². The number of hydrogen-bond acceptors (Lipinski definition) is 4. The summed E-state index contributed by atoms with van der Waals surface area (Å²) in [6.07, 6.45) is 11.2. The molecule has 0 aliphatic heterocycles. The quantitative estimate of drug-likeness (QED) is 0.655. The van der Waals surface area contributed by atoms with Crippen LogP contribution in [0.25, 0.3) is 0 Å². The number of anilines is 1. The van der Waals surface area contributed by atoms with Gasteiger partial charge in [0.25, 0.3) is 0 Å². The van der Waals surface area contributed by atoms with Crippen molar-refractivity contribution in [1.82, 2.24) is 9.97 Å². The Morgan fingerprint density at radius 3 is 2.78 bits per heavy atom. The standard InChI is InChI=1S/C14H25N3S/c1-3-8-13-11-14(17-12-16-13)15-9-6-4-5-7-10-18-2/h11-12H,3-10H2,1-2H3,(H,15,16,17). The van der Waals surface area contributed by atoms with Gasteiger partial charge in [0, 0.05) is 18.3 Å². The molecule has 1 aromatic heterocycles. The van der Waals surface area contributed by atoms with E-state index in [1.807, 2.05) is 11.8 Å². The number of unbranched alkanes of at least 4 members (excludes halogenated alkanes) is 3. The summed E-state index contributed by atoms with van der Waals surface area (Å²) in [6, 6.07) is 2.07. The molecule has 1 rings (SSSR count). The van der Waals surface area contributed by atoms with Crippen molar-refractivity contribution < 1.29 is 0 Å². The molecule has 4 heteroatoms. The molecule has 1 N–H and O–H groups in total. The molecule has 0 aromatic carbocycles. The second-order valence-corrected chi connectivity index (χ2v) is 5.46. The highest BCUT2D eigenvalue weighted by Crippen LogP contribution is 2.08.